The number of hydrogen-bond acceptors (Lipinski definition) is 8. The van der Waals surface area contributed by atoms with Crippen LogP contribution in [-0.2, 0) is 9.53 Å². The summed E-state index contributed by atoms with van der Waals surface area (Å²) in [5, 5.41) is 6.70. The zero-order valence-corrected chi connectivity index (χ0v) is 22.8. The van der Waals surface area contributed by atoms with E-state index in [1.807, 2.05) is 84.1 Å². The lowest BCUT2D eigenvalue weighted by molar-refractivity contribution is 0.0282. The first-order valence-electron chi connectivity index (χ1n) is 12.6. The molecular weight excluding hydrogens is 482 g/mol. The highest BCUT2D eigenvalue weighted by Crippen LogP contribution is 2.29. The van der Waals surface area contributed by atoms with Crippen molar-refractivity contribution in [1.82, 2.24) is 24.4 Å². The maximum Gasteiger partial charge on any atom is 0.410 e. The Labute approximate surface area is 222 Å². The van der Waals surface area contributed by atoms with Crippen LogP contribution in [0.2, 0.25) is 0 Å². The molecule has 38 heavy (non-hydrogen) atoms. The SMILES string of the molecule is Cc1cc(-c2c(-c3ccccc3)nc(N)n(C=O)/c2=N\N(C)C2CCN(C(=O)OC(C)(C)C)C2)cc(C)n1. The van der Waals surface area contributed by atoms with Gasteiger partial charge in [-0.3, -0.25) is 14.8 Å². The summed E-state index contributed by atoms with van der Waals surface area (Å²) in [7, 11) is 1.84. The molecule has 1 unspecified atom stereocenters. The largest absolute Gasteiger partial charge is 0.444 e. The van der Waals surface area contributed by atoms with Gasteiger partial charge in [-0.15, -0.1) is 0 Å². The van der Waals surface area contributed by atoms with Crippen molar-refractivity contribution in [1.29, 1.82) is 0 Å². The first-order chi connectivity index (χ1) is 18.0. The Kier molecular flexibility index (Phi) is 7.52. The summed E-state index contributed by atoms with van der Waals surface area (Å²) < 4.78 is 6.79. The molecule has 2 N–H and O–H groups in total. The summed E-state index contributed by atoms with van der Waals surface area (Å²) in [6.45, 7) is 10.4. The average Bonchev–Trinajstić information content (AvgIpc) is 3.34. The summed E-state index contributed by atoms with van der Waals surface area (Å²) in [5.74, 6) is 0.0269. The quantitative estimate of drug-likeness (QED) is 0.406. The predicted molar refractivity (Wildman–Crippen MR) is 146 cm³/mol. The normalized spacial score (nSPS) is 16.0. The van der Waals surface area contributed by atoms with Crippen LogP contribution < -0.4 is 11.2 Å². The minimum absolute atomic E-state index is 0.0269. The number of pyridine rings is 1. The van der Waals surface area contributed by atoms with E-state index >= 15 is 0 Å². The van der Waals surface area contributed by atoms with Gasteiger partial charge in [0.1, 0.15) is 5.60 Å². The van der Waals surface area contributed by atoms with Crippen LogP contribution >= 0.6 is 0 Å². The Morgan fingerprint density at radius 3 is 2.39 bits per heavy atom. The van der Waals surface area contributed by atoms with Gasteiger partial charge in [-0.05, 0) is 58.7 Å². The Hall–Kier alpha value is -4.21. The minimum atomic E-state index is -0.570. The number of anilines is 1. The number of nitrogens with zero attached hydrogens (tertiary/aromatic N) is 6. The summed E-state index contributed by atoms with van der Waals surface area (Å²) in [6, 6.07) is 13.5. The number of nitrogens with two attached hydrogens (primary N) is 1. The van der Waals surface area contributed by atoms with Crippen LogP contribution in [0, 0.1) is 13.8 Å². The molecule has 1 amide bonds. The summed E-state index contributed by atoms with van der Waals surface area (Å²) in [5.41, 5.74) is 10.7. The summed E-state index contributed by atoms with van der Waals surface area (Å²) >= 11 is 0. The van der Waals surface area contributed by atoms with E-state index < -0.39 is 5.60 Å². The Morgan fingerprint density at radius 2 is 1.79 bits per heavy atom. The fraction of sp³-hybridized carbons (Fsp3) is 0.393. The molecule has 10 nitrogen and oxygen atoms in total. The molecule has 2 aromatic heterocycles. The lowest BCUT2D eigenvalue weighted by Gasteiger charge is -2.26. The lowest BCUT2D eigenvalue weighted by atomic mass is 9.99. The van der Waals surface area contributed by atoms with E-state index in [-0.39, 0.29) is 18.1 Å². The van der Waals surface area contributed by atoms with Crippen molar-refractivity contribution in [3.63, 3.8) is 0 Å². The number of carbonyl (C=O) groups is 2. The van der Waals surface area contributed by atoms with Gasteiger partial charge in [0, 0.05) is 37.1 Å². The molecule has 3 aromatic rings. The Morgan fingerprint density at radius 1 is 1.13 bits per heavy atom. The van der Waals surface area contributed by atoms with Gasteiger partial charge in [0.2, 0.25) is 12.4 Å². The van der Waals surface area contributed by atoms with Crippen LogP contribution in [0.4, 0.5) is 10.7 Å². The highest BCUT2D eigenvalue weighted by atomic mass is 16.6. The molecule has 0 saturated carbocycles. The van der Waals surface area contributed by atoms with Gasteiger partial charge in [-0.25, -0.2) is 14.3 Å². The van der Waals surface area contributed by atoms with Crippen molar-refractivity contribution >= 4 is 18.5 Å². The molecule has 200 valence electrons. The molecular formula is C28H35N7O3. The molecule has 1 atom stereocenters. The van der Waals surface area contributed by atoms with Crippen molar-refractivity contribution in [3.05, 3.63) is 59.3 Å². The van der Waals surface area contributed by atoms with E-state index in [0.29, 0.717) is 42.7 Å². The number of ether oxygens (including phenoxy) is 1. The van der Waals surface area contributed by atoms with Gasteiger partial charge in [-0.1, -0.05) is 30.3 Å². The zero-order valence-electron chi connectivity index (χ0n) is 22.8. The molecule has 0 spiro atoms. The third kappa shape index (κ3) is 5.85. The molecule has 3 heterocycles. The van der Waals surface area contributed by atoms with Crippen LogP contribution in [0.1, 0.15) is 38.6 Å². The summed E-state index contributed by atoms with van der Waals surface area (Å²) in [4.78, 5) is 35.7. The number of nitrogen functional groups attached to an aromatic ring is 1. The number of carbonyl (C=O) groups excluding carboxylic acids is 2. The third-order valence-corrected chi connectivity index (χ3v) is 6.28. The molecule has 1 fully saturated rings. The minimum Gasteiger partial charge on any atom is -0.444 e. The number of benzene rings is 1. The van der Waals surface area contributed by atoms with Crippen LogP contribution in [0.25, 0.3) is 22.4 Å². The molecule has 4 rings (SSSR count). The van der Waals surface area contributed by atoms with E-state index in [1.54, 1.807) is 9.91 Å². The first-order valence-corrected chi connectivity index (χ1v) is 12.6. The second kappa shape index (κ2) is 10.6. The van der Waals surface area contributed by atoms with Crippen molar-refractivity contribution in [2.24, 2.45) is 5.10 Å². The highest BCUT2D eigenvalue weighted by Gasteiger charge is 2.32. The second-order valence-corrected chi connectivity index (χ2v) is 10.5. The third-order valence-electron chi connectivity index (χ3n) is 6.28. The number of aryl methyl sites for hydroxylation is 2. The van der Waals surface area contributed by atoms with E-state index in [0.717, 1.165) is 22.5 Å². The van der Waals surface area contributed by atoms with Gasteiger partial charge < -0.3 is 15.4 Å². The van der Waals surface area contributed by atoms with Gasteiger partial charge in [0.25, 0.3) is 0 Å². The number of rotatable bonds is 5. The molecule has 1 aromatic carbocycles. The van der Waals surface area contributed by atoms with Crippen molar-refractivity contribution in [2.75, 3.05) is 25.9 Å². The van der Waals surface area contributed by atoms with E-state index in [9.17, 15) is 9.59 Å². The highest BCUT2D eigenvalue weighted by molar-refractivity contribution is 5.82. The molecule has 1 aliphatic rings. The lowest BCUT2D eigenvalue weighted by Crippen LogP contribution is -2.39. The van der Waals surface area contributed by atoms with Crippen LogP contribution in [0.15, 0.2) is 47.6 Å². The zero-order chi connectivity index (χ0) is 27.6. The maximum absolute atomic E-state index is 12.6. The predicted octanol–water partition coefficient (Wildman–Crippen LogP) is 3.61. The van der Waals surface area contributed by atoms with Gasteiger partial charge >= 0.3 is 6.09 Å². The van der Waals surface area contributed by atoms with Crippen molar-refractivity contribution < 1.29 is 14.3 Å². The van der Waals surface area contributed by atoms with Crippen LogP contribution in [-0.4, -0.2) is 68.7 Å². The van der Waals surface area contributed by atoms with Gasteiger partial charge in [-0.2, -0.15) is 5.10 Å². The number of amides is 1. The van der Waals surface area contributed by atoms with Gasteiger partial charge in [0.15, 0.2) is 5.49 Å². The monoisotopic (exact) mass is 517 g/mol. The molecule has 0 bridgehead atoms. The van der Waals surface area contributed by atoms with E-state index in [2.05, 4.69) is 9.97 Å². The van der Waals surface area contributed by atoms with Crippen molar-refractivity contribution in [3.8, 4) is 22.4 Å². The van der Waals surface area contributed by atoms with Crippen LogP contribution in [0.3, 0.4) is 0 Å². The standard InChI is InChI=1S/C28H35N7O3/c1-18-14-21(15-19(2)30-18)23-24(20-10-8-7-9-11-20)31-26(29)35(17-36)25(23)32-33(6)22-12-13-34(16-22)27(37)38-28(3,4)5/h7-11,14-15,17,22H,12-13,16H2,1-6H3,(H2,29,31)/b32-25-. The molecule has 0 radical (unpaired) electrons. The number of likely N-dealkylation sites (tertiary alicyclic amines) is 1. The van der Waals surface area contributed by atoms with E-state index in [1.165, 1.54) is 4.57 Å². The smallest absolute Gasteiger partial charge is 0.410 e. The number of hydrogen-bond donors (Lipinski definition) is 1. The molecule has 1 saturated heterocycles. The van der Waals surface area contributed by atoms with Crippen molar-refractivity contribution in [2.45, 2.75) is 52.7 Å². The topological polar surface area (TPSA) is 119 Å². The number of aromatic nitrogens is 3. The summed E-state index contributed by atoms with van der Waals surface area (Å²) in [6.07, 6.45) is 0.977. The average molecular weight is 518 g/mol. The molecule has 0 aliphatic carbocycles. The van der Waals surface area contributed by atoms with Crippen LogP contribution in [0.5, 0.6) is 0 Å². The van der Waals surface area contributed by atoms with Gasteiger partial charge in [0.05, 0.1) is 17.3 Å². The first kappa shape index (κ1) is 26.8. The molecule has 10 heteroatoms. The molecule has 1 aliphatic heterocycles. The second-order valence-electron chi connectivity index (χ2n) is 10.5. The van der Waals surface area contributed by atoms with E-state index in [4.69, 9.17) is 15.6 Å². The number of likely N-dealkylation sites (N-methyl/N-ethyl adjacent to an activating group) is 1. The fourth-order valence-electron chi connectivity index (χ4n) is 4.58. The Bertz CT molecular complexity index is 1390. The maximum atomic E-state index is 12.6. The fourth-order valence-corrected chi connectivity index (χ4v) is 4.58. The Balaban J connectivity index is 1.86.